The van der Waals surface area contributed by atoms with Gasteiger partial charge in [0, 0.05) is 17.1 Å². The number of halogens is 2. The summed E-state index contributed by atoms with van der Waals surface area (Å²) in [6.07, 6.45) is 0.629. The Kier molecular flexibility index (Phi) is 4.54. The summed E-state index contributed by atoms with van der Waals surface area (Å²) in [6, 6.07) is 3.93. The van der Waals surface area contributed by atoms with Gasteiger partial charge in [-0.15, -0.1) is 0 Å². The number of carbonyl (C=O) groups excluding carboxylic acids is 1. The van der Waals surface area contributed by atoms with Gasteiger partial charge in [-0.2, -0.15) is 0 Å². The number of nitrogens with one attached hydrogen (secondary N) is 1. The quantitative estimate of drug-likeness (QED) is 0.885. The fraction of sp³-hybridized carbons (Fsp3) is 0.462. The van der Waals surface area contributed by atoms with E-state index in [4.69, 9.17) is 10.5 Å². The number of hydrogen-bond donors (Lipinski definition) is 2. The van der Waals surface area contributed by atoms with E-state index >= 15 is 0 Å². The molecule has 1 aliphatic carbocycles. The standard InChI is InChI=1S/C13H16BrFN2O2/c1-2-19-11-6-10(16)12(11)17-13(18)8-4-3-7(14)5-9(8)15/h3-5,10-12H,2,6,16H2,1H3,(H,17,18). The highest BCUT2D eigenvalue weighted by molar-refractivity contribution is 9.10. The smallest absolute Gasteiger partial charge is 0.254 e. The fourth-order valence-corrected chi connectivity index (χ4v) is 2.46. The molecule has 0 spiro atoms. The molecule has 0 aromatic heterocycles. The maximum absolute atomic E-state index is 13.7. The lowest BCUT2D eigenvalue weighted by Crippen LogP contribution is -2.64. The summed E-state index contributed by atoms with van der Waals surface area (Å²) in [5.74, 6) is -1.03. The maximum atomic E-state index is 13.7. The van der Waals surface area contributed by atoms with Crippen molar-refractivity contribution in [2.75, 3.05) is 6.61 Å². The molecule has 6 heteroatoms. The molecule has 3 N–H and O–H groups in total. The van der Waals surface area contributed by atoms with Gasteiger partial charge in [0.15, 0.2) is 0 Å². The minimum absolute atomic E-state index is 0.0116. The molecule has 1 amide bonds. The highest BCUT2D eigenvalue weighted by Gasteiger charge is 2.40. The first-order chi connectivity index (χ1) is 9.02. The van der Waals surface area contributed by atoms with Crippen LogP contribution in [0, 0.1) is 5.82 Å². The zero-order chi connectivity index (χ0) is 14.0. The van der Waals surface area contributed by atoms with Crippen molar-refractivity contribution in [3.8, 4) is 0 Å². The second-order valence-electron chi connectivity index (χ2n) is 4.52. The molecule has 1 fully saturated rings. The lowest BCUT2D eigenvalue weighted by molar-refractivity contribution is -0.0300. The third kappa shape index (κ3) is 3.13. The predicted octanol–water partition coefficient (Wildman–Crippen LogP) is 1.82. The van der Waals surface area contributed by atoms with E-state index in [0.717, 1.165) is 0 Å². The van der Waals surface area contributed by atoms with Crippen molar-refractivity contribution in [2.45, 2.75) is 31.5 Å². The summed E-state index contributed by atoms with van der Waals surface area (Å²) in [7, 11) is 0. The molecular formula is C13H16BrFN2O2. The van der Waals surface area contributed by atoms with E-state index in [2.05, 4.69) is 21.2 Å². The molecular weight excluding hydrogens is 315 g/mol. The minimum Gasteiger partial charge on any atom is -0.376 e. The van der Waals surface area contributed by atoms with Gasteiger partial charge in [-0.05, 0) is 31.5 Å². The normalized spacial score (nSPS) is 25.8. The van der Waals surface area contributed by atoms with Crippen LogP contribution >= 0.6 is 15.9 Å². The zero-order valence-corrected chi connectivity index (χ0v) is 12.1. The van der Waals surface area contributed by atoms with Crippen LogP contribution in [0.15, 0.2) is 22.7 Å². The Morgan fingerprint density at radius 2 is 2.37 bits per heavy atom. The van der Waals surface area contributed by atoms with Crippen LogP contribution in [-0.4, -0.2) is 30.7 Å². The molecule has 2 rings (SSSR count). The van der Waals surface area contributed by atoms with Crippen LogP contribution in [0.3, 0.4) is 0 Å². The average Bonchev–Trinajstić information content (AvgIpc) is 2.35. The second-order valence-corrected chi connectivity index (χ2v) is 5.43. The molecule has 0 heterocycles. The van der Waals surface area contributed by atoms with Gasteiger partial charge in [-0.1, -0.05) is 15.9 Å². The number of amides is 1. The summed E-state index contributed by atoms with van der Waals surface area (Å²) >= 11 is 3.15. The molecule has 0 aliphatic heterocycles. The van der Waals surface area contributed by atoms with Crippen molar-refractivity contribution >= 4 is 21.8 Å². The Morgan fingerprint density at radius 3 is 2.95 bits per heavy atom. The molecule has 3 atom stereocenters. The topological polar surface area (TPSA) is 64.3 Å². The van der Waals surface area contributed by atoms with Gasteiger partial charge in [0.25, 0.3) is 5.91 Å². The second kappa shape index (κ2) is 5.98. The van der Waals surface area contributed by atoms with Gasteiger partial charge in [-0.3, -0.25) is 4.79 Å². The van der Waals surface area contributed by atoms with Gasteiger partial charge in [0.2, 0.25) is 0 Å². The van der Waals surface area contributed by atoms with E-state index in [-0.39, 0.29) is 23.8 Å². The number of benzene rings is 1. The predicted molar refractivity (Wildman–Crippen MR) is 73.4 cm³/mol. The van der Waals surface area contributed by atoms with Gasteiger partial charge in [0.05, 0.1) is 17.7 Å². The van der Waals surface area contributed by atoms with E-state index < -0.39 is 11.7 Å². The zero-order valence-electron chi connectivity index (χ0n) is 10.5. The summed E-state index contributed by atoms with van der Waals surface area (Å²) in [5, 5.41) is 2.73. The molecule has 19 heavy (non-hydrogen) atoms. The fourth-order valence-electron chi connectivity index (χ4n) is 2.13. The summed E-state index contributed by atoms with van der Waals surface area (Å²) < 4.78 is 19.7. The van der Waals surface area contributed by atoms with Crippen LogP contribution in [0.1, 0.15) is 23.7 Å². The van der Waals surface area contributed by atoms with Gasteiger partial charge in [-0.25, -0.2) is 4.39 Å². The van der Waals surface area contributed by atoms with Crippen LogP contribution in [0.2, 0.25) is 0 Å². The van der Waals surface area contributed by atoms with Crippen LogP contribution in [-0.2, 0) is 4.74 Å². The van der Waals surface area contributed by atoms with Crippen molar-refractivity contribution in [1.82, 2.24) is 5.32 Å². The van der Waals surface area contributed by atoms with Crippen molar-refractivity contribution < 1.29 is 13.9 Å². The van der Waals surface area contributed by atoms with E-state index in [1.807, 2.05) is 6.92 Å². The Labute approximate surface area is 119 Å². The van der Waals surface area contributed by atoms with E-state index in [0.29, 0.717) is 17.5 Å². The largest absolute Gasteiger partial charge is 0.376 e. The molecule has 104 valence electrons. The summed E-state index contributed by atoms with van der Waals surface area (Å²) in [6.45, 7) is 2.45. The molecule has 1 aromatic rings. The Balaban J connectivity index is 2.04. The van der Waals surface area contributed by atoms with Crippen LogP contribution in [0.5, 0.6) is 0 Å². The molecule has 3 unspecified atom stereocenters. The Bertz CT molecular complexity index is 482. The van der Waals surface area contributed by atoms with Crippen molar-refractivity contribution in [1.29, 1.82) is 0 Å². The molecule has 1 saturated carbocycles. The molecule has 4 nitrogen and oxygen atoms in total. The first kappa shape index (κ1) is 14.4. The first-order valence-electron chi connectivity index (χ1n) is 6.16. The molecule has 1 aromatic carbocycles. The van der Waals surface area contributed by atoms with Gasteiger partial charge >= 0.3 is 0 Å². The monoisotopic (exact) mass is 330 g/mol. The van der Waals surface area contributed by atoms with E-state index in [1.165, 1.54) is 12.1 Å². The lowest BCUT2D eigenvalue weighted by Gasteiger charge is -2.42. The minimum atomic E-state index is -0.562. The lowest BCUT2D eigenvalue weighted by atomic mass is 9.83. The Hall–Kier alpha value is -0.980. The van der Waals surface area contributed by atoms with Crippen LogP contribution in [0.4, 0.5) is 4.39 Å². The SMILES string of the molecule is CCOC1CC(N)C1NC(=O)c1ccc(Br)cc1F. The number of rotatable bonds is 4. The highest BCUT2D eigenvalue weighted by atomic mass is 79.9. The Morgan fingerprint density at radius 1 is 1.63 bits per heavy atom. The number of nitrogens with two attached hydrogens (primary N) is 1. The number of carbonyl (C=O) groups is 1. The first-order valence-corrected chi connectivity index (χ1v) is 6.95. The van der Waals surface area contributed by atoms with Gasteiger partial charge in [0.1, 0.15) is 5.82 Å². The average molecular weight is 331 g/mol. The van der Waals surface area contributed by atoms with E-state index in [1.54, 1.807) is 6.07 Å². The summed E-state index contributed by atoms with van der Waals surface area (Å²) in [5.41, 5.74) is 5.85. The van der Waals surface area contributed by atoms with Crippen LogP contribution in [0.25, 0.3) is 0 Å². The number of hydrogen-bond acceptors (Lipinski definition) is 3. The molecule has 0 radical (unpaired) electrons. The highest BCUT2D eigenvalue weighted by Crippen LogP contribution is 2.23. The summed E-state index contributed by atoms with van der Waals surface area (Å²) in [4.78, 5) is 12.0. The van der Waals surface area contributed by atoms with E-state index in [9.17, 15) is 9.18 Å². The van der Waals surface area contributed by atoms with Gasteiger partial charge < -0.3 is 15.8 Å². The molecule has 1 aliphatic rings. The van der Waals surface area contributed by atoms with Crippen molar-refractivity contribution in [3.63, 3.8) is 0 Å². The molecule has 0 bridgehead atoms. The van der Waals surface area contributed by atoms with Crippen molar-refractivity contribution in [2.24, 2.45) is 5.73 Å². The van der Waals surface area contributed by atoms with Crippen LogP contribution < -0.4 is 11.1 Å². The third-order valence-electron chi connectivity index (χ3n) is 3.22. The maximum Gasteiger partial charge on any atom is 0.254 e. The van der Waals surface area contributed by atoms with Crippen molar-refractivity contribution in [3.05, 3.63) is 34.1 Å². The molecule has 0 saturated heterocycles. The third-order valence-corrected chi connectivity index (χ3v) is 3.71. The number of ether oxygens (including phenoxy) is 1.